The number of nitrogens with one attached hydrogen (secondary N) is 2. The van der Waals surface area contributed by atoms with Gasteiger partial charge in [0.25, 0.3) is 0 Å². The Balaban J connectivity index is 1.49. The lowest BCUT2D eigenvalue weighted by molar-refractivity contribution is -0.119. The average molecular weight is 224 g/mol. The van der Waals surface area contributed by atoms with Crippen LogP contribution in [0.25, 0.3) is 0 Å². The number of hydrogen-bond acceptors (Lipinski definition) is 2. The van der Waals surface area contributed by atoms with E-state index in [-0.39, 0.29) is 5.91 Å². The van der Waals surface area contributed by atoms with Gasteiger partial charge in [0.1, 0.15) is 0 Å². The van der Waals surface area contributed by atoms with Gasteiger partial charge < -0.3 is 10.6 Å². The van der Waals surface area contributed by atoms with Crippen LogP contribution in [0.15, 0.2) is 0 Å². The summed E-state index contributed by atoms with van der Waals surface area (Å²) >= 11 is 0. The molecule has 1 atom stereocenters. The normalized spacial score (nSPS) is 27.0. The van der Waals surface area contributed by atoms with Gasteiger partial charge in [-0.15, -0.1) is 0 Å². The SMILES string of the molecule is O=C1CCC(CNCCC2CCCCC2)N1. The minimum Gasteiger partial charge on any atom is -0.352 e. The summed E-state index contributed by atoms with van der Waals surface area (Å²) in [5.74, 6) is 1.18. The van der Waals surface area contributed by atoms with Gasteiger partial charge in [-0.25, -0.2) is 0 Å². The summed E-state index contributed by atoms with van der Waals surface area (Å²) in [7, 11) is 0. The van der Waals surface area contributed by atoms with E-state index in [0.717, 1.165) is 31.8 Å². The topological polar surface area (TPSA) is 41.1 Å². The molecule has 1 saturated carbocycles. The van der Waals surface area contributed by atoms with E-state index in [4.69, 9.17) is 0 Å². The molecule has 1 saturated heterocycles. The zero-order valence-corrected chi connectivity index (χ0v) is 10.1. The van der Waals surface area contributed by atoms with E-state index < -0.39 is 0 Å². The van der Waals surface area contributed by atoms with Crippen molar-refractivity contribution in [3.8, 4) is 0 Å². The van der Waals surface area contributed by atoms with Crippen LogP contribution in [0.2, 0.25) is 0 Å². The summed E-state index contributed by atoms with van der Waals surface area (Å²) in [6.45, 7) is 2.08. The van der Waals surface area contributed by atoms with Crippen LogP contribution in [-0.2, 0) is 4.79 Å². The third-order valence-corrected chi connectivity index (χ3v) is 3.93. The monoisotopic (exact) mass is 224 g/mol. The van der Waals surface area contributed by atoms with Crippen molar-refractivity contribution in [2.75, 3.05) is 13.1 Å². The minimum atomic E-state index is 0.221. The molecular formula is C13H24N2O. The molecule has 0 bridgehead atoms. The standard InChI is InChI=1S/C13H24N2O/c16-13-7-6-12(15-13)10-14-9-8-11-4-2-1-3-5-11/h11-12,14H,1-10H2,(H,15,16). The predicted molar refractivity (Wildman–Crippen MR) is 65.2 cm³/mol. The van der Waals surface area contributed by atoms with Crippen LogP contribution in [-0.4, -0.2) is 25.0 Å². The van der Waals surface area contributed by atoms with Crippen LogP contribution in [0.3, 0.4) is 0 Å². The Morgan fingerprint density at radius 1 is 1.19 bits per heavy atom. The second-order valence-electron chi connectivity index (χ2n) is 5.30. The molecule has 3 heteroatoms. The van der Waals surface area contributed by atoms with E-state index in [0.29, 0.717) is 6.04 Å². The van der Waals surface area contributed by atoms with Crippen molar-refractivity contribution < 1.29 is 4.79 Å². The largest absolute Gasteiger partial charge is 0.352 e. The maximum Gasteiger partial charge on any atom is 0.220 e. The maximum absolute atomic E-state index is 11.0. The highest BCUT2D eigenvalue weighted by Crippen LogP contribution is 2.25. The van der Waals surface area contributed by atoms with E-state index in [1.807, 2.05) is 0 Å². The third-order valence-electron chi connectivity index (χ3n) is 3.93. The Kier molecular flexibility index (Phi) is 4.64. The van der Waals surface area contributed by atoms with Gasteiger partial charge in [-0.2, -0.15) is 0 Å². The summed E-state index contributed by atoms with van der Waals surface area (Å²) in [6.07, 6.45) is 10.2. The van der Waals surface area contributed by atoms with Crippen LogP contribution >= 0.6 is 0 Å². The van der Waals surface area contributed by atoms with E-state index in [9.17, 15) is 4.79 Å². The number of carbonyl (C=O) groups excluding carboxylic acids is 1. The van der Waals surface area contributed by atoms with Gasteiger partial charge in [0.05, 0.1) is 0 Å². The highest BCUT2D eigenvalue weighted by molar-refractivity contribution is 5.78. The molecule has 0 radical (unpaired) electrons. The maximum atomic E-state index is 11.0. The summed E-state index contributed by atoms with van der Waals surface area (Å²) in [5.41, 5.74) is 0. The molecule has 1 aliphatic heterocycles. The van der Waals surface area contributed by atoms with Crippen molar-refractivity contribution in [1.82, 2.24) is 10.6 Å². The van der Waals surface area contributed by atoms with E-state index in [1.165, 1.54) is 38.5 Å². The summed E-state index contributed by atoms with van der Waals surface area (Å²) in [6, 6.07) is 0.388. The first kappa shape index (κ1) is 11.9. The van der Waals surface area contributed by atoms with Crippen LogP contribution in [0, 0.1) is 5.92 Å². The highest BCUT2D eigenvalue weighted by Gasteiger charge is 2.20. The number of hydrogen-bond donors (Lipinski definition) is 2. The fourth-order valence-corrected chi connectivity index (χ4v) is 2.89. The Morgan fingerprint density at radius 2 is 2.00 bits per heavy atom. The smallest absolute Gasteiger partial charge is 0.220 e. The first-order valence-corrected chi connectivity index (χ1v) is 6.84. The van der Waals surface area contributed by atoms with E-state index in [1.54, 1.807) is 0 Å². The molecule has 2 N–H and O–H groups in total. The molecule has 1 aliphatic carbocycles. The van der Waals surface area contributed by atoms with Crippen LogP contribution in [0.5, 0.6) is 0 Å². The molecule has 0 spiro atoms. The Hall–Kier alpha value is -0.570. The molecule has 0 aromatic carbocycles. The lowest BCUT2D eigenvalue weighted by Crippen LogP contribution is -2.36. The fourth-order valence-electron chi connectivity index (χ4n) is 2.89. The van der Waals surface area contributed by atoms with Gasteiger partial charge in [-0.3, -0.25) is 4.79 Å². The first-order chi connectivity index (χ1) is 7.84. The molecule has 16 heavy (non-hydrogen) atoms. The van der Waals surface area contributed by atoms with Gasteiger partial charge in [-0.05, 0) is 25.3 Å². The Labute approximate surface area is 98.4 Å². The van der Waals surface area contributed by atoms with Crippen LogP contribution in [0.4, 0.5) is 0 Å². The van der Waals surface area contributed by atoms with Crippen molar-refractivity contribution in [2.45, 2.75) is 57.4 Å². The van der Waals surface area contributed by atoms with Gasteiger partial charge >= 0.3 is 0 Å². The van der Waals surface area contributed by atoms with Gasteiger partial charge in [0, 0.05) is 19.0 Å². The molecule has 2 aliphatic rings. The summed E-state index contributed by atoms with van der Waals surface area (Å²) in [4.78, 5) is 11.0. The average Bonchev–Trinajstić information content (AvgIpc) is 2.72. The minimum absolute atomic E-state index is 0.221. The molecular weight excluding hydrogens is 200 g/mol. The van der Waals surface area contributed by atoms with Crippen molar-refractivity contribution in [3.05, 3.63) is 0 Å². The van der Waals surface area contributed by atoms with Gasteiger partial charge in [0.15, 0.2) is 0 Å². The number of amides is 1. The second kappa shape index (κ2) is 6.24. The first-order valence-electron chi connectivity index (χ1n) is 6.84. The third kappa shape index (κ3) is 3.78. The quantitative estimate of drug-likeness (QED) is 0.699. The van der Waals surface area contributed by atoms with Crippen molar-refractivity contribution in [1.29, 1.82) is 0 Å². The number of rotatable bonds is 5. The molecule has 1 unspecified atom stereocenters. The Bertz CT molecular complexity index is 224. The lowest BCUT2D eigenvalue weighted by Gasteiger charge is -2.21. The van der Waals surface area contributed by atoms with Gasteiger partial charge in [-0.1, -0.05) is 32.1 Å². The molecule has 0 aromatic heterocycles. The Morgan fingerprint density at radius 3 is 2.69 bits per heavy atom. The zero-order chi connectivity index (χ0) is 11.2. The molecule has 92 valence electrons. The molecule has 1 heterocycles. The molecule has 2 rings (SSSR count). The highest BCUT2D eigenvalue weighted by atomic mass is 16.1. The molecule has 3 nitrogen and oxygen atoms in total. The van der Waals surface area contributed by atoms with E-state index in [2.05, 4.69) is 10.6 Å². The molecule has 2 fully saturated rings. The van der Waals surface area contributed by atoms with Crippen molar-refractivity contribution in [2.24, 2.45) is 5.92 Å². The lowest BCUT2D eigenvalue weighted by atomic mass is 9.87. The summed E-state index contributed by atoms with van der Waals surface area (Å²) < 4.78 is 0. The van der Waals surface area contributed by atoms with Crippen molar-refractivity contribution in [3.63, 3.8) is 0 Å². The number of carbonyl (C=O) groups is 1. The van der Waals surface area contributed by atoms with Gasteiger partial charge in [0.2, 0.25) is 5.91 Å². The van der Waals surface area contributed by atoms with E-state index >= 15 is 0 Å². The molecule has 0 aromatic rings. The van der Waals surface area contributed by atoms with Crippen LogP contribution < -0.4 is 10.6 Å². The van der Waals surface area contributed by atoms with Crippen molar-refractivity contribution >= 4 is 5.91 Å². The van der Waals surface area contributed by atoms with Crippen LogP contribution in [0.1, 0.15) is 51.4 Å². The summed E-state index contributed by atoms with van der Waals surface area (Å²) in [5, 5.41) is 6.47. The predicted octanol–water partition coefficient (Wildman–Crippen LogP) is 1.82. The molecule has 1 amide bonds. The fraction of sp³-hybridized carbons (Fsp3) is 0.923. The second-order valence-corrected chi connectivity index (χ2v) is 5.30. The zero-order valence-electron chi connectivity index (χ0n) is 10.1.